The molecule has 25 heavy (non-hydrogen) atoms. The van der Waals surface area contributed by atoms with Gasteiger partial charge in [0.05, 0.1) is 18.6 Å². The third kappa shape index (κ3) is 6.72. The molecule has 6 nitrogen and oxygen atoms in total. The summed E-state index contributed by atoms with van der Waals surface area (Å²) in [5.41, 5.74) is 0.888. The first-order valence-electron chi connectivity index (χ1n) is 8.34. The number of furan rings is 1. The van der Waals surface area contributed by atoms with Crippen LogP contribution in [0.5, 0.6) is 0 Å². The summed E-state index contributed by atoms with van der Waals surface area (Å²) in [6.45, 7) is 2.14. The Morgan fingerprint density at radius 1 is 1.16 bits per heavy atom. The van der Waals surface area contributed by atoms with Gasteiger partial charge in [0.25, 0.3) is 0 Å². The fraction of sp³-hybridized carbons (Fsp3) is 0.389. The van der Waals surface area contributed by atoms with Crippen LogP contribution < -0.4 is 10.0 Å². The molecule has 0 spiro atoms. The van der Waals surface area contributed by atoms with E-state index in [9.17, 15) is 13.2 Å². The van der Waals surface area contributed by atoms with Gasteiger partial charge in [-0.3, -0.25) is 4.79 Å². The maximum Gasteiger partial charge on any atom is 0.238 e. The molecular weight excluding hydrogens is 340 g/mol. The lowest BCUT2D eigenvalue weighted by atomic mass is 10.1. The van der Waals surface area contributed by atoms with E-state index in [0.717, 1.165) is 12.0 Å². The Kier molecular flexibility index (Phi) is 7.21. The van der Waals surface area contributed by atoms with Crippen LogP contribution in [0.1, 0.15) is 31.1 Å². The van der Waals surface area contributed by atoms with E-state index in [0.29, 0.717) is 12.2 Å². The Balaban J connectivity index is 2.06. The maximum absolute atomic E-state index is 12.5. The van der Waals surface area contributed by atoms with Crippen LogP contribution in [0, 0.1) is 0 Å². The molecule has 0 aliphatic carbocycles. The third-order valence-corrected chi connectivity index (χ3v) is 5.17. The predicted octanol–water partition coefficient (Wildman–Crippen LogP) is 2.23. The number of carbonyl (C=O) groups is 1. The quantitative estimate of drug-likeness (QED) is 0.677. The molecule has 2 rings (SSSR count). The predicted molar refractivity (Wildman–Crippen MR) is 96.3 cm³/mol. The molecule has 1 amide bonds. The molecule has 1 atom stereocenters. The second kappa shape index (κ2) is 9.39. The monoisotopic (exact) mass is 364 g/mol. The number of sulfonamides is 1. The zero-order valence-electron chi connectivity index (χ0n) is 14.3. The maximum atomic E-state index is 12.5. The molecule has 0 unspecified atom stereocenters. The lowest BCUT2D eigenvalue weighted by Gasteiger charge is -2.18. The first-order valence-corrected chi connectivity index (χ1v) is 9.99. The van der Waals surface area contributed by atoms with Crippen molar-refractivity contribution in [2.75, 3.05) is 5.75 Å². The standard InChI is InChI=1S/C18H24N2O4S/c1-2-3-12-25(22,23)20-17(13-15-8-5-4-6-9-15)18(21)19-14-16-10-7-11-24-16/h4-11,17,20H,2-3,12-14H2,1H3,(H,19,21)/t17-/m0/s1. The Labute approximate surface area is 148 Å². The highest BCUT2D eigenvalue weighted by atomic mass is 32.2. The summed E-state index contributed by atoms with van der Waals surface area (Å²) < 4.78 is 32.2. The number of amides is 1. The SMILES string of the molecule is CCCCS(=O)(=O)N[C@@H](Cc1ccccc1)C(=O)NCc1ccco1. The normalized spacial score (nSPS) is 12.7. The molecule has 1 heterocycles. The van der Waals surface area contributed by atoms with E-state index in [2.05, 4.69) is 10.0 Å². The first kappa shape index (κ1) is 19.2. The zero-order chi connectivity index (χ0) is 18.1. The number of benzene rings is 1. The van der Waals surface area contributed by atoms with E-state index in [1.54, 1.807) is 12.1 Å². The van der Waals surface area contributed by atoms with Gasteiger partial charge in [-0.2, -0.15) is 0 Å². The van der Waals surface area contributed by atoms with Crippen molar-refractivity contribution < 1.29 is 17.6 Å². The molecule has 0 saturated carbocycles. The highest BCUT2D eigenvalue weighted by Gasteiger charge is 2.24. The minimum Gasteiger partial charge on any atom is -0.467 e. The molecule has 0 bridgehead atoms. The van der Waals surface area contributed by atoms with Gasteiger partial charge in [-0.05, 0) is 30.5 Å². The van der Waals surface area contributed by atoms with E-state index in [4.69, 9.17) is 4.42 Å². The number of nitrogens with one attached hydrogen (secondary N) is 2. The van der Waals surface area contributed by atoms with Crippen molar-refractivity contribution in [1.82, 2.24) is 10.0 Å². The molecule has 7 heteroatoms. The number of hydrogen-bond donors (Lipinski definition) is 2. The summed E-state index contributed by atoms with van der Waals surface area (Å²) in [4.78, 5) is 12.5. The smallest absolute Gasteiger partial charge is 0.238 e. The molecule has 0 fully saturated rings. The van der Waals surface area contributed by atoms with Crippen LogP contribution in [0.3, 0.4) is 0 Å². The summed E-state index contributed by atoms with van der Waals surface area (Å²) in [7, 11) is -3.51. The topological polar surface area (TPSA) is 88.4 Å². The highest BCUT2D eigenvalue weighted by molar-refractivity contribution is 7.89. The second-order valence-electron chi connectivity index (χ2n) is 5.83. The van der Waals surface area contributed by atoms with Gasteiger partial charge in [0.1, 0.15) is 11.8 Å². The lowest BCUT2D eigenvalue weighted by Crippen LogP contribution is -2.48. The molecule has 2 aromatic rings. The minimum absolute atomic E-state index is 0.0141. The van der Waals surface area contributed by atoms with Crippen LogP contribution in [0.25, 0.3) is 0 Å². The van der Waals surface area contributed by atoms with Gasteiger partial charge in [0.2, 0.25) is 15.9 Å². The number of unbranched alkanes of at least 4 members (excludes halogenated alkanes) is 1. The van der Waals surface area contributed by atoms with Crippen molar-refractivity contribution in [1.29, 1.82) is 0 Å². The fourth-order valence-electron chi connectivity index (χ4n) is 2.36. The van der Waals surface area contributed by atoms with Crippen molar-refractivity contribution in [3.8, 4) is 0 Å². The molecule has 0 saturated heterocycles. The van der Waals surface area contributed by atoms with Crippen LogP contribution in [0.15, 0.2) is 53.1 Å². The minimum atomic E-state index is -3.51. The van der Waals surface area contributed by atoms with Crippen molar-refractivity contribution in [3.63, 3.8) is 0 Å². The number of carbonyl (C=O) groups excluding carboxylic acids is 1. The Morgan fingerprint density at radius 2 is 1.92 bits per heavy atom. The second-order valence-corrected chi connectivity index (χ2v) is 7.70. The van der Waals surface area contributed by atoms with Gasteiger partial charge in [0.15, 0.2) is 0 Å². The summed E-state index contributed by atoms with van der Waals surface area (Å²) in [6, 6.07) is 12.0. The summed E-state index contributed by atoms with van der Waals surface area (Å²) in [6.07, 6.45) is 3.14. The largest absolute Gasteiger partial charge is 0.467 e. The van der Waals surface area contributed by atoms with Gasteiger partial charge >= 0.3 is 0 Å². The summed E-state index contributed by atoms with van der Waals surface area (Å²) >= 11 is 0. The van der Waals surface area contributed by atoms with Gasteiger partial charge in [0, 0.05) is 0 Å². The van der Waals surface area contributed by atoms with Crippen molar-refractivity contribution in [2.45, 2.75) is 38.8 Å². The summed E-state index contributed by atoms with van der Waals surface area (Å²) in [5.74, 6) is 0.251. The van der Waals surface area contributed by atoms with E-state index >= 15 is 0 Å². The van der Waals surface area contributed by atoms with Crippen LogP contribution >= 0.6 is 0 Å². The average molecular weight is 364 g/mol. The van der Waals surface area contributed by atoms with Crippen LogP contribution in [0.2, 0.25) is 0 Å². The zero-order valence-corrected chi connectivity index (χ0v) is 15.1. The molecule has 1 aromatic carbocycles. The van der Waals surface area contributed by atoms with Crippen molar-refractivity contribution >= 4 is 15.9 Å². The van der Waals surface area contributed by atoms with E-state index in [1.807, 2.05) is 37.3 Å². The number of rotatable bonds is 10. The van der Waals surface area contributed by atoms with E-state index < -0.39 is 16.1 Å². The van der Waals surface area contributed by atoms with Gasteiger partial charge in [-0.15, -0.1) is 0 Å². The third-order valence-electron chi connectivity index (χ3n) is 3.70. The average Bonchev–Trinajstić information content (AvgIpc) is 3.11. The molecule has 2 N–H and O–H groups in total. The lowest BCUT2D eigenvalue weighted by molar-refractivity contribution is -0.122. The molecule has 0 radical (unpaired) electrons. The number of hydrogen-bond acceptors (Lipinski definition) is 4. The Morgan fingerprint density at radius 3 is 2.56 bits per heavy atom. The Bertz CT molecular complexity index is 743. The highest BCUT2D eigenvalue weighted by Crippen LogP contribution is 2.07. The fourth-order valence-corrected chi connectivity index (χ4v) is 3.77. The first-order chi connectivity index (χ1) is 12.0. The van der Waals surface area contributed by atoms with Crippen LogP contribution in [-0.4, -0.2) is 26.1 Å². The molecule has 0 aliphatic rings. The van der Waals surface area contributed by atoms with E-state index in [-0.39, 0.29) is 24.6 Å². The van der Waals surface area contributed by atoms with Gasteiger partial charge < -0.3 is 9.73 Å². The van der Waals surface area contributed by atoms with Crippen molar-refractivity contribution in [3.05, 3.63) is 60.1 Å². The molecule has 0 aliphatic heterocycles. The molecule has 136 valence electrons. The van der Waals surface area contributed by atoms with Gasteiger partial charge in [-0.1, -0.05) is 43.7 Å². The van der Waals surface area contributed by atoms with Crippen molar-refractivity contribution in [2.24, 2.45) is 0 Å². The van der Waals surface area contributed by atoms with Crippen LogP contribution in [0.4, 0.5) is 0 Å². The van der Waals surface area contributed by atoms with E-state index in [1.165, 1.54) is 6.26 Å². The Hall–Kier alpha value is -2.12. The molecular formula is C18H24N2O4S. The van der Waals surface area contributed by atoms with Gasteiger partial charge in [-0.25, -0.2) is 13.1 Å². The van der Waals surface area contributed by atoms with Crippen LogP contribution in [-0.2, 0) is 27.8 Å². The molecule has 1 aromatic heterocycles. The summed E-state index contributed by atoms with van der Waals surface area (Å²) in [5, 5.41) is 2.72.